The molecule has 0 unspecified atom stereocenters. The Bertz CT molecular complexity index is 492. The third-order valence-corrected chi connectivity index (χ3v) is 2.47. The third kappa shape index (κ3) is 2.25. The van der Waals surface area contributed by atoms with E-state index >= 15 is 0 Å². The molecule has 0 bridgehead atoms. The Morgan fingerprint density at radius 1 is 1.38 bits per heavy atom. The number of hydrogen-bond donors (Lipinski definition) is 1. The quantitative estimate of drug-likeness (QED) is 0.914. The van der Waals surface area contributed by atoms with Crippen molar-refractivity contribution >= 4 is 27.5 Å². The Hall–Kier alpha value is -1.75. The Labute approximate surface area is 101 Å². The second-order valence-electron chi connectivity index (χ2n) is 3.17. The second-order valence-corrected chi connectivity index (χ2v) is 4.09. The van der Waals surface area contributed by atoms with Gasteiger partial charge in [-0.25, -0.2) is 9.97 Å². The Kier molecular flexibility index (Phi) is 2.96. The topological polar surface area (TPSA) is 64.7 Å². The molecule has 0 amide bonds. The summed E-state index contributed by atoms with van der Waals surface area (Å²) in [4.78, 5) is 12.0. The normalized spacial score (nSPS) is 10.1. The monoisotopic (exact) mass is 276 g/mol. The van der Waals surface area contributed by atoms with Crippen molar-refractivity contribution in [3.63, 3.8) is 0 Å². The van der Waals surface area contributed by atoms with E-state index in [0.717, 1.165) is 15.6 Å². The van der Waals surface area contributed by atoms with Gasteiger partial charge >= 0.3 is 0 Å². The van der Waals surface area contributed by atoms with Gasteiger partial charge in [0.1, 0.15) is 0 Å². The first-order chi connectivity index (χ1) is 7.66. The minimum atomic E-state index is 0.238. The molecular weight excluding hydrogens is 268 g/mol. The highest BCUT2D eigenvalue weighted by molar-refractivity contribution is 9.10. The molecular formula is C11H9BrN4. The van der Waals surface area contributed by atoms with Crippen LogP contribution in [0.5, 0.6) is 0 Å². The summed E-state index contributed by atoms with van der Waals surface area (Å²) in [5.41, 5.74) is 7.88. The first-order valence-electron chi connectivity index (χ1n) is 4.55. The molecule has 2 aromatic heterocycles. The van der Waals surface area contributed by atoms with Crippen LogP contribution in [0.1, 0.15) is 11.3 Å². The van der Waals surface area contributed by atoms with Gasteiger partial charge in [0.25, 0.3) is 0 Å². The average molecular weight is 277 g/mol. The third-order valence-electron chi connectivity index (χ3n) is 2.04. The highest BCUT2D eigenvalue weighted by Gasteiger charge is 2.05. The molecule has 0 fully saturated rings. The van der Waals surface area contributed by atoms with Crippen LogP contribution in [0.15, 0.2) is 41.8 Å². The standard InChI is InChI=1S/C11H9BrN4/c1-7(8-4-9(12)6-14-5-8)10-2-3-15-11(13)16-10/h2-6H,1H2,(H2,13,15,16). The molecule has 0 spiro atoms. The molecule has 0 saturated heterocycles. The predicted octanol–water partition coefficient (Wildman–Crippen LogP) is 2.28. The van der Waals surface area contributed by atoms with Gasteiger partial charge in [0, 0.05) is 34.2 Å². The van der Waals surface area contributed by atoms with Crippen molar-refractivity contribution < 1.29 is 0 Å². The van der Waals surface area contributed by atoms with Gasteiger partial charge < -0.3 is 5.73 Å². The van der Waals surface area contributed by atoms with Gasteiger partial charge in [-0.2, -0.15) is 0 Å². The maximum Gasteiger partial charge on any atom is 0.220 e. The SMILES string of the molecule is C=C(c1cncc(Br)c1)c1ccnc(N)n1. The van der Waals surface area contributed by atoms with E-state index < -0.39 is 0 Å². The molecule has 0 aliphatic heterocycles. The second kappa shape index (κ2) is 4.40. The lowest BCUT2D eigenvalue weighted by molar-refractivity contribution is 1.16. The molecule has 16 heavy (non-hydrogen) atoms. The van der Waals surface area contributed by atoms with Crippen LogP contribution in [0.25, 0.3) is 5.57 Å². The van der Waals surface area contributed by atoms with E-state index in [-0.39, 0.29) is 5.95 Å². The van der Waals surface area contributed by atoms with Crippen LogP contribution in [-0.4, -0.2) is 15.0 Å². The van der Waals surface area contributed by atoms with Crippen LogP contribution < -0.4 is 5.73 Å². The molecule has 2 rings (SSSR count). The highest BCUT2D eigenvalue weighted by atomic mass is 79.9. The van der Waals surface area contributed by atoms with Crippen molar-refractivity contribution in [3.8, 4) is 0 Å². The molecule has 4 nitrogen and oxygen atoms in total. The van der Waals surface area contributed by atoms with Crippen LogP contribution in [0.4, 0.5) is 5.95 Å². The molecule has 2 aromatic rings. The van der Waals surface area contributed by atoms with Crippen molar-refractivity contribution in [1.82, 2.24) is 15.0 Å². The van der Waals surface area contributed by atoms with Crippen LogP contribution in [0.2, 0.25) is 0 Å². The van der Waals surface area contributed by atoms with Gasteiger partial charge in [-0.1, -0.05) is 6.58 Å². The van der Waals surface area contributed by atoms with Crippen molar-refractivity contribution in [3.05, 3.63) is 53.0 Å². The molecule has 2 heterocycles. The fraction of sp³-hybridized carbons (Fsp3) is 0. The van der Waals surface area contributed by atoms with Gasteiger partial charge in [-0.3, -0.25) is 4.98 Å². The smallest absolute Gasteiger partial charge is 0.220 e. The number of rotatable bonds is 2. The van der Waals surface area contributed by atoms with Gasteiger partial charge in [0.15, 0.2) is 0 Å². The maximum absolute atomic E-state index is 5.52. The lowest BCUT2D eigenvalue weighted by atomic mass is 10.1. The van der Waals surface area contributed by atoms with E-state index in [4.69, 9.17) is 5.73 Å². The molecule has 0 saturated carbocycles. The zero-order chi connectivity index (χ0) is 11.5. The number of aromatic nitrogens is 3. The minimum Gasteiger partial charge on any atom is -0.368 e. The molecule has 0 aromatic carbocycles. The van der Waals surface area contributed by atoms with Crippen molar-refractivity contribution in [2.45, 2.75) is 0 Å². The number of halogens is 1. The van der Waals surface area contributed by atoms with Crippen molar-refractivity contribution in [1.29, 1.82) is 0 Å². The van der Waals surface area contributed by atoms with E-state index in [9.17, 15) is 0 Å². The van der Waals surface area contributed by atoms with Crippen molar-refractivity contribution in [2.75, 3.05) is 5.73 Å². The Balaban J connectivity index is 2.39. The summed E-state index contributed by atoms with van der Waals surface area (Å²) >= 11 is 3.36. The summed E-state index contributed by atoms with van der Waals surface area (Å²) in [5.74, 6) is 0.238. The number of nitrogens with two attached hydrogens (primary N) is 1. The minimum absolute atomic E-state index is 0.238. The van der Waals surface area contributed by atoms with Crippen LogP contribution in [0.3, 0.4) is 0 Å². The lowest BCUT2D eigenvalue weighted by Crippen LogP contribution is -1.98. The number of nitrogens with zero attached hydrogens (tertiary/aromatic N) is 3. The van der Waals surface area contributed by atoms with Gasteiger partial charge in [0.05, 0.1) is 5.69 Å². The zero-order valence-corrected chi connectivity index (χ0v) is 9.98. The largest absolute Gasteiger partial charge is 0.368 e. The van der Waals surface area contributed by atoms with E-state index in [0.29, 0.717) is 5.69 Å². The number of anilines is 1. The van der Waals surface area contributed by atoms with Crippen LogP contribution in [-0.2, 0) is 0 Å². The van der Waals surface area contributed by atoms with Crippen LogP contribution in [0, 0.1) is 0 Å². The molecule has 2 N–H and O–H groups in total. The molecule has 0 atom stereocenters. The summed E-state index contributed by atoms with van der Waals surface area (Å²) in [6.45, 7) is 3.97. The summed E-state index contributed by atoms with van der Waals surface area (Å²) < 4.78 is 0.896. The van der Waals surface area contributed by atoms with E-state index in [1.165, 1.54) is 0 Å². The highest BCUT2D eigenvalue weighted by Crippen LogP contribution is 2.21. The van der Waals surface area contributed by atoms with Crippen LogP contribution >= 0.6 is 15.9 Å². The first-order valence-corrected chi connectivity index (χ1v) is 5.35. The number of nitrogen functional groups attached to an aromatic ring is 1. The van der Waals surface area contributed by atoms with Gasteiger partial charge in [-0.05, 0) is 28.1 Å². The van der Waals surface area contributed by atoms with Gasteiger partial charge in [0.2, 0.25) is 5.95 Å². The summed E-state index contributed by atoms with van der Waals surface area (Å²) in [5, 5.41) is 0. The fourth-order valence-electron chi connectivity index (χ4n) is 1.27. The van der Waals surface area contributed by atoms with Gasteiger partial charge in [-0.15, -0.1) is 0 Å². The molecule has 0 aliphatic carbocycles. The maximum atomic E-state index is 5.52. The number of hydrogen-bond acceptors (Lipinski definition) is 4. The molecule has 0 radical (unpaired) electrons. The summed E-state index contributed by atoms with van der Waals surface area (Å²) in [6.07, 6.45) is 5.05. The molecule has 0 aliphatic rings. The first kappa shape index (κ1) is 10.8. The fourth-order valence-corrected chi connectivity index (χ4v) is 1.63. The average Bonchev–Trinajstić information content (AvgIpc) is 2.28. The van der Waals surface area contributed by atoms with E-state index in [1.807, 2.05) is 6.07 Å². The molecule has 5 heteroatoms. The molecule has 80 valence electrons. The Morgan fingerprint density at radius 2 is 2.19 bits per heavy atom. The van der Waals surface area contributed by atoms with E-state index in [2.05, 4.69) is 37.5 Å². The Morgan fingerprint density at radius 3 is 2.88 bits per heavy atom. The lowest BCUT2D eigenvalue weighted by Gasteiger charge is -2.05. The summed E-state index contributed by atoms with van der Waals surface area (Å²) in [7, 11) is 0. The van der Waals surface area contributed by atoms with Crippen molar-refractivity contribution in [2.24, 2.45) is 0 Å². The predicted molar refractivity (Wildman–Crippen MR) is 66.5 cm³/mol. The number of pyridine rings is 1. The van der Waals surface area contributed by atoms with E-state index in [1.54, 1.807) is 24.7 Å². The summed E-state index contributed by atoms with van der Waals surface area (Å²) in [6, 6.07) is 3.69. The zero-order valence-electron chi connectivity index (χ0n) is 8.39.